The van der Waals surface area contributed by atoms with Crippen molar-refractivity contribution >= 4 is 17.4 Å². The average molecular weight is 256 g/mol. The number of anilines is 1. The van der Waals surface area contributed by atoms with Crippen LogP contribution in [-0.4, -0.2) is 10.7 Å². The number of fused-ring (bicyclic) bond motifs is 1. The number of rotatable bonds is 2. The second kappa shape index (κ2) is 4.65. The second-order valence-electron chi connectivity index (χ2n) is 4.63. The van der Waals surface area contributed by atoms with Crippen LogP contribution < -0.4 is 5.32 Å². The Bertz CT molecular complexity index is 580. The molecule has 2 aromatic rings. The monoisotopic (exact) mass is 256 g/mol. The summed E-state index contributed by atoms with van der Waals surface area (Å²) in [6, 6.07) is 13.2. The standard InChI is InChI=1S/C15H16N2S/c1-10-7-8-13(11(2)16-10)17-14-9-18-15-6-4-3-5-12(14)15/h3-8,14,17H,9H2,1-2H3. The van der Waals surface area contributed by atoms with E-state index in [1.54, 1.807) is 0 Å². The molecule has 2 heterocycles. The normalized spacial score (nSPS) is 17.6. The van der Waals surface area contributed by atoms with Crippen LogP contribution in [0.2, 0.25) is 0 Å². The lowest BCUT2D eigenvalue weighted by atomic mass is 10.1. The van der Waals surface area contributed by atoms with Crippen molar-refractivity contribution in [3.05, 3.63) is 53.3 Å². The number of hydrogen-bond acceptors (Lipinski definition) is 3. The molecular weight excluding hydrogens is 240 g/mol. The van der Waals surface area contributed by atoms with Crippen molar-refractivity contribution in [1.29, 1.82) is 0 Å². The minimum atomic E-state index is 0.398. The fourth-order valence-corrected chi connectivity index (χ4v) is 3.47. The molecule has 0 radical (unpaired) electrons. The minimum Gasteiger partial charge on any atom is -0.376 e. The molecule has 1 unspecified atom stereocenters. The van der Waals surface area contributed by atoms with E-state index in [2.05, 4.69) is 53.6 Å². The molecule has 1 aliphatic rings. The van der Waals surface area contributed by atoms with Gasteiger partial charge in [-0.3, -0.25) is 4.98 Å². The predicted molar refractivity (Wildman–Crippen MR) is 77.2 cm³/mol. The van der Waals surface area contributed by atoms with Crippen LogP contribution in [0.4, 0.5) is 5.69 Å². The topological polar surface area (TPSA) is 24.9 Å². The van der Waals surface area contributed by atoms with Crippen LogP contribution in [0, 0.1) is 13.8 Å². The summed E-state index contributed by atoms with van der Waals surface area (Å²) < 4.78 is 0. The van der Waals surface area contributed by atoms with Crippen molar-refractivity contribution in [2.45, 2.75) is 24.8 Å². The summed E-state index contributed by atoms with van der Waals surface area (Å²) in [4.78, 5) is 5.90. The zero-order valence-corrected chi connectivity index (χ0v) is 11.4. The summed E-state index contributed by atoms with van der Waals surface area (Å²) in [6.07, 6.45) is 0. The quantitative estimate of drug-likeness (QED) is 0.880. The SMILES string of the molecule is Cc1ccc(NC2CSc3ccccc32)c(C)n1. The number of aryl methyl sites for hydroxylation is 2. The average Bonchev–Trinajstić information content (AvgIpc) is 2.76. The lowest BCUT2D eigenvalue weighted by Crippen LogP contribution is -2.11. The Morgan fingerprint density at radius 3 is 2.83 bits per heavy atom. The van der Waals surface area contributed by atoms with Crippen molar-refractivity contribution in [1.82, 2.24) is 4.98 Å². The fourth-order valence-electron chi connectivity index (χ4n) is 2.31. The highest BCUT2D eigenvalue weighted by Gasteiger charge is 2.22. The van der Waals surface area contributed by atoms with Crippen LogP contribution in [0.15, 0.2) is 41.3 Å². The highest BCUT2D eigenvalue weighted by Crippen LogP contribution is 2.39. The van der Waals surface area contributed by atoms with Gasteiger partial charge in [-0.05, 0) is 37.6 Å². The molecule has 0 saturated heterocycles. The van der Waals surface area contributed by atoms with Gasteiger partial charge in [-0.2, -0.15) is 0 Å². The van der Waals surface area contributed by atoms with Crippen molar-refractivity contribution < 1.29 is 0 Å². The van der Waals surface area contributed by atoms with Gasteiger partial charge in [-0.25, -0.2) is 0 Å². The minimum absolute atomic E-state index is 0.398. The molecule has 3 rings (SSSR count). The lowest BCUT2D eigenvalue weighted by molar-refractivity contribution is 0.892. The van der Waals surface area contributed by atoms with E-state index in [-0.39, 0.29) is 0 Å². The Hall–Kier alpha value is -1.48. The van der Waals surface area contributed by atoms with E-state index < -0.39 is 0 Å². The molecule has 0 fully saturated rings. The smallest absolute Gasteiger partial charge is 0.0619 e. The Morgan fingerprint density at radius 2 is 2.00 bits per heavy atom. The molecule has 0 spiro atoms. The third kappa shape index (κ3) is 2.10. The summed E-state index contributed by atoms with van der Waals surface area (Å²) in [6.45, 7) is 4.08. The number of pyridine rings is 1. The van der Waals surface area contributed by atoms with Crippen LogP contribution in [0.3, 0.4) is 0 Å². The van der Waals surface area contributed by atoms with Crippen LogP contribution in [0.5, 0.6) is 0 Å². The summed E-state index contributed by atoms with van der Waals surface area (Å²) in [5, 5.41) is 3.61. The van der Waals surface area contributed by atoms with Gasteiger partial charge in [0.05, 0.1) is 17.4 Å². The highest BCUT2D eigenvalue weighted by atomic mass is 32.2. The van der Waals surface area contributed by atoms with Crippen LogP contribution in [0.1, 0.15) is 23.0 Å². The first-order valence-corrected chi connectivity index (χ1v) is 7.15. The largest absolute Gasteiger partial charge is 0.376 e. The molecule has 1 N–H and O–H groups in total. The van der Waals surface area contributed by atoms with Crippen LogP contribution >= 0.6 is 11.8 Å². The Kier molecular flexibility index (Phi) is 3.00. The molecule has 2 nitrogen and oxygen atoms in total. The summed E-state index contributed by atoms with van der Waals surface area (Å²) in [7, 11) is 0. The maximum Gasteiger partial charge on any atom is 0.0619 e. The molecule has 0 amide bonds. The van der Waals surface area contributed by atoms with Gasteiger partial charge >= 0.3 is 0 Å². The number of hydrogen-bond donors (Lipinski definition) is 1. The Balaban J connectivity index is 1.86. The fraction of sp³-hybridized carbons (Fsp3) is 0.267. The van der Waals surface area contributed by atoms with Gasteiger partial charge in [-0.1, -0.05) is 18.2 Å². The zero-order chi connectivity index (χ0) is 12.5. The van der Waals surface area contributed by atoms with Gasteiger partial charge in [-0.15, -0.1) is 11.8 Å². The molecule has 0 aliphatic carbocycles. The van der Waals surface area contributed by atoms with E-state index in [0.717, 1.165) is 22.8 Å². The van der Waals surface area contributed by atoms with Gasteiger partial charge < -0.3 is 5.32 Å². The summed E-state index contributed by atoms with van der Waals surface area (Å²) in [5.74, 6) is 1.09. The van der Waals surface area contributed by atoms with Gasteiger partial charge in [0.15, 0.2) is 0 Å². The lowest BCUT2D eigenvalue weighted by Gasteiger charge is -2.16. The molecule has 1 aliphatic heterocycles. The zero-order valence-electron chi connectivity index (χ0n) is 10.6. The van der Waals surface area contributed by atoms with Crippen molar-refractivity contribution in [2.24, 2.45) is 0 Å². The molecule has 0 bridgehead atoms. The van der Waals surface area contributed by atoms with Crippen molar-refractivity contribution in [3.8, 4) is 0 Å². The molecule has 1 aromatic heterocycles. The van der Waals surface area contributed by atoms with Crippen molar-refractivity contribution in [3.63, 3.8) is 0 Å². The molecule has 0 saturated carbocycles. The van der Waals surface area contributed by atoms with Crippen LogP contribution in [-0.2, 0) is 0 Å². The third-order valence-corrected chi connectivity index (χ3v) is 4.44. The molecule has 1 aromatic carbocycles. The number of nitrogens with zero attached hydrogens (tertiary/aromatic N) is 1. The van der Waals surface area contributed by atoms with Gasteiger partial charge in [0, 0.05) is 16.3 Å². The third-order valence-electron chi connectivity index (χ3n) is 3.25. The maximum atomic E-state index is 4.50. The van der Waals surface area contributed by atoms with Gasteiger partial charge in [0.25, 0.3) is 0 Å². The van der Waals surface area contributed by atoms with E-state index in [1.165, 1.54) is 10.5 Å². The van der Waals surface area contributed by atoms with Crippen LogP contribution in [0.25, 0.3) is 0 Å². The number of nitrogens with one attached hydrogen (secondary N) is 1. The number of benzene rings is 1. The first-order chi connectivity index (χ1) is 8.74. The number of aromatic nitrogens is 1. The van der Waals surface area contributed by atoms with E-state index in [1.807, 2.05) is 18.7 Å². The maximum absolute atomic E-state index is 4.50. The number of thioether (sulfide) groups is 1. The van der Waals surface area contributed by atoms with E-state index in [4.69, 9.17) is 0 Å². The molecular formula is C15H16N2S. The highest BCUT2D eigenvalue weighted by molar-refractivity contribution is 7.99. The molecule has 1 atom stereocenters. The Labute approximate surface area is 112 Å². The van der Waals surface area contributed by atoms with Crippen molar-refractivity contribution in [2.75, 3.05) is 11.1 Å². The summed E-state index contributed by atoms with van der Waals surface area (Å²) in [5.41, 5.74) is 4.69. The van der Waals surface area contributed by atoms with E-state index >= 15 is 0 Å². The molecule has 92 valence electrons. The first kappa shape index (κ1) is 11.6. The molecule has 18 heavy (non-hydrogen) atoms. The second-order valence-corrected chi connectivity index (χ2v) is 5.69. The van der Waals surface area contributed by atoms with Gasteiger partial charge in [0.1, 0.15) is 0 Å². The van der Waals surface area contributed by atoms with E-state index in [9.17, 15) is 0 Å². The first-order valence-electron chi connectivity index (χ1n) is 6.16. The van der Waals surface area contributed by atoms with E-state index in [0.29, 0.717) is 6.04 Å². The summed E-state index contributed by atoms with van der Waals surface area (Å²) >= 11 is 1.92. The molecule has 3 heteroatoms. The Morgan fingerprint density at radius 1 is 1.17 bits per heavy atom. The predicted octanol–water partition coefficient (Wildman–Crippen LogP) is 3.96. The van der Waals surface area contributed by atoms with Gasteiger partial charge in [0.2, 0.25) is 0 Å².